The highest BCUT2D eigenvalue weighted by Gasteiger charge is 2.54. The minimum atomic E-state index is -3.91. The van der Waals surface area contributed by atoms with Crippen LogP contribution < -0.4 is 9.04 Å². The molecule has 0 radical (unpaired) electrons. The van der Waals surface area contributed by atoms with Crippen LogP contribution in [-0.2, 0) is 14.8 Å². The van der Waals surface area contributed by atoms with Gasteiger partial charge in [0.1, 0.15) is 12.2 Å². The van der Waals surface area contributed by atoms with Crippen molar-refractivity contribution in [2.24, 2.45) is 0 Å². The molecule has 25 heavy (non-hydrogen) atoms. The van der Waals surface area contributed by atoms with Crippen LogP contribution in [0, 0.1) is 5.82 Å². The molecule has 2 aliphatic rings. The van der Waals surface area contributed by atoms with Gasteiger partial charge in [-0.1, -0.05) is 22.0 Å². The van der Waals surface area contributed by atoms with Crippen molar-refractivity contribution >= 4 is 31.6 Å². The van der Waals surface area contributed by atoms with Gasteiger partial charge in [0.05, 0.1) is 23.7 Å². The van der Waals surface area contributed by atoms with Crippen LogP contribution in [0.2, 0.25) is 0 Å². The van der Waals surface area contributed by atoms with Crippen LogP contribution in [0.25, 0.3) is 0 Å². The van der Waals surface area contributed by atoms with E-state index in [0.717, 1.165) is 16.1 Å². The molecular weight excluding hydrogens is 413 g/mol. The Morgan fingerprint density at radius 2 is 2.00 bits per heavy atom. The molecule has 2 aromatic carbocycles. The molecule has 0 spiro atoms. The van der Waals surface area contributed by atoms with Gasteiger partial charge in [-0.05, 0) is 31.2 Å². The Labute approximate surface area is 153 Å². The van der Waals surface area contributed by atoms with E-state index in [2.05, 4.69) is 15.9 Å². The number of halogens is 2. The maximum absolute atomic E-state index is 13.7. The van der Waals surface area contributed by atoms with Gasteiger partial charge in [-0.3, -0.25) is 4.31 Å². The van der Waals surface area contributed by atoms with Gasteiger partial charge in [0.15, 0.2) is 11.6 Å². The van der Waals surface area contributed by atoms with E-state index in [1.807, 2.05) is 19.1 Å². The second-order valence-electron chi connectivity index (χ2n) is 6.06. The number of sulfonamides is 1. The first-order valence-corrected chi connectivity index (χ1v) is 9.91. The van der Waals surface area contributed by atoms with Crippen molar-refractivity contribution < 1.29 is 22.3 Å². The number of anilines is 1. The van der Waals surface area contributed by atoms with Gasteiger partial charge in [-0.25, -0.2) is 12.8 Å². The lowest BCUT2D eigenvalue weighted by molar-refractivity contribution is 0.362. The summed E-state index contributed by atoms with van der Waals surface area (Å²) in [4.78, 5) is -0.0253. The van der Waals surface area contributed by atoms with Gasteiger partial charge in [0.2, 0.25) is 0 Å². The molecule has 0 amide bonds. The summed E-state index contributed by atoms with van der Waals surface area (Å²) >= 11 is 3.39. The summed E-state index contributed by atoms with van der Waals surface area (Å²) in [6, 6.07) is 8.67. The number of methoxy groups -OCH3 is 1. The van der Waals surface area contributed by atoms with E-state index in [9.17, 15) is 12.8 Å². The third-order valence-corrected chi connectivity index (χ3v) is 6.98. The van der Waals surface area contributed by atoms with E-state index in [-0.39, 0.29) is 28.9 Å². The Hall–Kier alpha value is -1.64. The minimum absolute atomic E-state index is 0.0253. The molecule has 8 heteroatoms. The Bertz CT molecular complexity index is 965. The van der Waals surface area contributed by atoms with Crippen molar-refractivity contribution in [1.29, 1.82) is 0 Å². The molecule has 2 aliphatic heterocycles. The summed E-state index contributed by atoms with van der Waals surface area (Å²) in [5.41, 5.74) is 1.41. The van der Waals surface area contributed by atoms with Crippen LogP contribution >= 0.6 is 15.9 Å². The highest BCUT2D eigenvalue weighted by Crippen LogP contribution is 2.52. The number of epoxide rings is 1. The van der Waals surface area contributed by atoms with Crippen molar-refractivity contribution in [3.8, 4) is 5.75 Å². The zero-order valence-electron chi connectivity index (χ0n) is 13.4. The smallest absolute Gasteiger partial charge is 0.264 e. The van der Waals surface area contributed by atoms with Crippen LogP contribution in [0.4, 0.5) is 10.1 Å². The fourth-order valence-corrected chi connectivity index (χ4v) is 5.35. The molecule has 0 saturated carbocycles. The number of ether oxygens (including phenoxy) is 2. The third-order valence-electron chi connectivity index (χ3n) is 4.59. The van der Waals surface area contributed by atoms with E-state index >= 15 is 0 Å². The summed E-state index contributed by atoms with van der Waals surface area (Å²) in [6.07, 6.45) is -0.252. The molecule has 4 rings (SSSR count). The molecule has 5 nitrogen and oxygen atoms in total. The van der Waals surface area contributed by atoms with Gasteiger partial charge >= 0.3 is 0 Å². The molecule has 1 saturated heterocycles. The molecule has 1 fully saturated rings. The van der Waals surface area contributed by atoms with Crippen molar-refractivity contribution in [2.45, 2.75) is 30.1 Å². The van der Waals surface area contributed by atoms with E-state index in [1.165, 1.54) is 23.5 Å². The van der Waals surface area contributed by atoms with Gasteiger partial charge in [0, 0.05) is 16.1 Å². The second-order valence-corrected chi connectivity index (χ2v) is 8.79. The zero-order valence-corrected chi connectivity index (χ0v) is 15.8. The highest BCUT2D eigenvalue weighted by atomic mass is 79.9. The summed E-state index contributed by atoms with van der Waals surface area (Å²) in [6.45, 7) is 1.81. The maximum atomic E-state index is 13.7. The predicted molar refractivity (Wildman–Crippen MR) is 93.8 cm³/mol. The molecule has 2 aromatic rings. The fourth-order valence-electron chi connectivity index (χ4n) is 3.30. The lowest BCUT2D eigenvalue weighted by atomic mass is 9.99. The quantitative estimate of drug-likeness (QED) is 0.701. The largest absolute Gasteiger partial charge is 0.494 e. The zero-order chi connectivity index (χ0) is 17.9. The molecule has 0 aromatic heterocycles. The second kappa shape index (κ2) is 5.69. The molecule has 0 aliphatic carbocycles. The molecule has 0 bridgehead atoms. The summed E-state index contributed by atoms with van der Waals surface area (Å²) in [5, 5.41) is 0. The predicted octanol–water partition coefficient (Wildman–Crippen LogP) is 3.63. The van der Waals surface area contributed by atoms with Crippen molar-refractivity contribution in [3.63, 3.8) is 0 Å². The van der Waals surface area contributed by atoms with Crippen molar-refractivity contribution in [2.75, 3.05) is 11.4 Å². The van der Waals surface area contributed by atoms with Gasteiger partial charge in [0.25, 0.3) is 10.0 Å². The van der Waals surface area contributed by atoms with E-state index in [1.54, 1.807) is 6.07 Å². The van der Waals surface area contributed by atoms with Crippen molar-refractivity contribution in [1.82, 2.24) is 0 Å². The number of benzene rings is 2. The van der Waals surface area contributed by atoms with E-state index < -0.39 is 15.8 Å². The van der Waals surface area contributed by atoms with Crippen molar-refractivity contribution in [3.05, 3.63) is 52.3 Å². The van der Waals surface area contributed by atoms with E-state index in [0.29, 0.717) is 5.69 Å². The summed E-state index contributed by atoms with van der Waals surface area (Å²) < 4.78 is 53.0. The fraction of sp³-hybridized carbons (Fsp3) is 0.294. The molecule has 132 valence electrons. The Morgan fingerprint density at radius 1 is 1.24 bits per heavy atom. The average Bonchev–Trinajstić information content (AvgIpc) is 3.36. The van der Waals surface area contributed by atoms with Gasteiger partial charge < -0.3 is 9.47 Å². The first-order chi connectivity index (χ1) is 11.8. The van der Waals surface area contributed by atoms with Gasteiger partial charge in [-0.15, -0.1) is 0 Å². The molecule has 3 atom stereocenters. The molecule has 0 unspecified atom stereocenters. The van der Waals surface area contributed by atoms with Crippen LogP contribution in [0.1, 0.15) is 18.6 Å². The maximum Gasteiger partial charge on any atom is 0.264 e. The third kappa shape index (κ3) is 2.54. The first kappa shape index (κ1) is 16.8. The average molecular weight is 428 g/mol. The SMILES string of the molecule is COc1cc(S(=O)(=O)N2c3cc(Br)ccc3[C@@H]3O[C@@H]3[C@H]2C)ccc1F. The topological polar surface area (TPSA) is 59.1 Å². The number of fused-ring (bicyclic) bond motifs is 3. The first-order valence-electron chi connectivity index (χ1n) is 7.67. The lowest BCUT2D eigenvalue weighted by Crippen LogP contribution is -2.44. The van der Waals surface area contributed by atoms with Crippen LogP contribution in [-0.4, -0.2) is 27.7 Å². The van der Waals surface area contributed by atoms with E-state index in [4.69, 9.17) is 9.47 Å². The number of nitrogens with zero attached hydrogens (tertiary/aromatic N) is 1. The molecular formula is C17H15BrFNO4S. The normalized spacial score (nSPS) is 24.5. The highest BCUT2D eigenvalue weighted by molar-refractivity contribution is 9.10. The van der Waals surface area contributed by atoms with Crippen LogP contribution in [0.3, 0.4) is 0 Å². The molecule has 0 N–H and O–H groups in total. The number of hydrogen-bond donors (Lipinski definition) is 0. The summed E-state index contributed by atoms with van der Waals surface area (Å²) in [5.74, 6) is -0.720. The molecule has 2 heterocycles. The minimum Gasteiger partial charge on any atom is -0.494 e. The number of hydrogen-bond acceptors (Lipinski definition) is 4. The van der Waals surface area contributed by atoms with Gasteiger partial charge in [-0.2, -0.15) is 0 Å². The standard InChI is InChI=1S/C17H15BrFNO4S/c1-9-16-17(24-16)12-5-3-10(18)7-14(12)20(9)25(21,22)11-4-6-13(19)15(8-11)23-2/h3-9,16-17H,1-2H3/t9-,16-,17+/m1/s1. The Morgan fingerprint density at radius 3 is 2.72 bits per heavy atom. The Kier molecular flexibility index (Phi) is 3.82. The lowest BCUT2D eigenvalue weighted by Gasteiger charge is -2.34. The number of rotatable bonds is 3. The van der Waals surface area contributed by atoms with Crippen LogP contribution in [0.5, 0.6) is 5.75 Å². The summed E-state index contributed by atoms with van der Waals surface area (Å²) in [7, 11) is -2.61. The monoisotopic (exact) mass is 427 g/mol. The Balaban J connectivity index is 1.87. The van der Waals surface area contributed by atoms with Crippen LogP contribution in [0.15, 0.2) is 45.8 Å².